The number of nitrogens with one attached hydrogen (secondary N) is 2. The highest BCUT2D eigenvalue weighted by Crippen LogP contribution is 2.11. The van der Waals surface area contributed by atoms with E-state index in [0.29, 0.717) is 0 Å². The summed E-state index contributed by atoms with van der Waals surface area (Å²) >= 11 is 0. The van der Waals surface area contributed by atoms with Crippen molar-refractivity contribution in [1.82, 2.24) is 15.5 Å². The Hall–Kier alpha value is -2.53. The van der Waals surface area contributed by atoms with Crippen LogP contribution in [0.2, 0.25) is 0 Å². The van der Waals surface area contributed by atoms with Crippen LogP contribution in [0.3, 0.4) is 0 Å². The van der Waals surface area contributed by atoms with Crippen molar-refractivity contribution >= 4 is 5.96 Å². The average Bonchev–Trinajstić information content (AvgIpc) is 2.65. The van der Waals surface area contributed by atoms with Crippen LogP contribution >= 0.6 is 0 Å². The zero-order valence-electron chi connectivity index (χ0n) is 16.2. The summed E-state index contributed by atoms with van der Waals surface area (Å²) in [6.07, 6.45) is 0.934. The van der Waals surface area contributed by atoms with Gasteiger partial charge in [-0.15, -0.1) is 0 Å². The minimum absolute atomic E-state index is 0.753. The fourth-order valence-electron chi connectivity index (χ4n) is 2.73. The Kier molecular flexibility index (Phi) is 7.96. The minimum Gasteiger partial charge on any atom is -0.497 e. The summed E-state index contributed by atoms with van der Waals surface area (Å²) in [7, 11) is 7.65. The van der Waals surface area contributed by atoms with Crippen molar-refractivity contribution in [2.45, 2.75) is 19.5 Å². The summed E-state index contributed by atoms with van der Waals surface area (Å²) in [5.41, 5.74) is 3.84. The molecule has 2 rings (SSSR count). The molecule has 0 unspecified atom stereocenters. The Morgan fingerprint density at radius 3 is 2.38 bits per heavy atom. The molecule has 0 aromatic heterocycles. The number of hydrogen-bond acceptors (Lipinski definition) is 3. The van der Waals surface area contributed by atoms with Gasteiger partial charge in [-0.2, -0.15) is 0 Å². The summed E-state index contributed by atoms with van der Waals surface area (Å²) in [4.78, 5) is 6.47. The molecule has 2 aromatic rings. The maximum Gasteiger partial charge on any atom is 0.191 e. The molecule has 0 fully saturated rings. The predicted molar refractivity (Wildman–Crippen MR) is 109 cm³/mol. The van der Waals surface area contributed by atoms with Crippen molar-refractivity contribution in [3.8, 4) is 5.75 Å². The van der Waals surface area contributed by atoms with Gasteiger partial charge < -0.3 is 20.3 Å². The summed E-state index contributed by atoms with van der Waals surface area (Å²) in [6.45, 7) is 2.53. The van der Waals surface area contributed by atoms with Crippen molar-refractivity contribution in [1.29, 1.82) is 0 Å². The lowest BCUT2D eigenvalue weighted by atomic mass is 10.1. The molecule has 0 heterocycles. The normalized spacial score (nSPS) is 11.5. The van der Waals surface area contributed by atoms with E-state index in [1.165, 1.54) is 16.7 Å². The molecule has 26 heavy (non-hydrogen) atoms. The van der Waals surface area contributed by atoms with Gasteiger partial charge in [-0.05, 0) is 49.3 Å². The SMILES string of the molecule is CN=C(NCCc1ccc(OC)cc1)NCc1cccc(CN(C)C)c1. The molecule has 0 amide bonds. The van der Waals surface area contributed by atoms with Gasteiger partial charge in [-0.25, -0.2) is 0 Å². The van der Waals surface area contributed by atoms with Crippen LogP contribution in [-0.4, -0.2) is 45.7 Å². The molecule has 5 heteroatoms. The van der Waals surface area contributed by atoms with Gasteiger partial charge in [0.1, 0.15) is 5.75 Å². The molecule has 140 valence electrons. The second kappa shape index (κ2) is 10.5. The molecule has 0 spiro atoms. The van der Waals surface area contributed by atoms with Gasteiger partial charge in [-0.3, -0.25) is 4.99 Å². The van der Waals surface area contributed by atoms with Gasteiger partial charge in [0.25, 0.3) is 0 Å². The zero-order chi connectivity index (χ0) is 18.8. The van der Waals surface area contributed by atoms with Gasteiger partial charge in [-0.1, -0.05) is 36.4 Å². The van der Waals surface area contributed by atoms with Gasteiger partial charge in [0.05, 0.1) is 7.11 Å². The minimum atomic E-state index is 0.753. The number of benzene rings is 2. The number of guanidine groups is 1. The van der Waals surface area contributed by atoms with Crippen LogP contribution in [0.5, 0.6) is 5.75 Å². The number of nitrogens with zero attached hydrogens (tertiary/aromatic N) is 2. The van der Waals surface area contributed by atoms with E-state index >= 15 is 0 Å². The van der Waals surface area contributed by atoms with Crippen molar-refractivity contribution < 1.29 is 4.74 Å². The highest BCUT2D eigenvalue weighted by Gasteiger charge is 2.01. The van der Waals surface area contributed by atoms with Crippen LogP contribution in [0, 0.1) is 0 Å². The fraction of sp³-hybridized carbons (Fsp3) is 0.381. The second-order valence-corrected chi connectivity index (χ2v) is 6.51. The van der Waals surface area contributed by atoms with E-state index in [4.69, 9.17) is 4.74 Å². The predicted octanol–water partition coefficient (Wildman–Crippen LogP) is 2.66. The summed E-state index contributed by atoms with van der Waals surface area (Å²) < 4.78 is 5.19. The maximum absolute atomic E-state index is 5.19. The van der Waals surface area contributed by atoms with E-state index in [9.17, 15) is 0 Å². The molecule has 5 nitrogen and oxygen atoms in total. The lowest BCUT2D eigenvalue weighted by Gasteiger charge is -2.14. The summed E-state index contributed by atoms with van der Waals surface area (Å²) in [6, 6.07) is 16.8. The smallest absolute Gasteiger partial charge is 0.191 e. The van der Waals surface area contributed by atoms with Crippen LogP contribution in [0.15, 0.2) is 53.5 Å². The Morgan fingerprint density at radius 2 is 1.73 bits per heavy atom. The zero-order valence-corrected chi connectivity index (χ0v) is 16.2. The van der Waals surface area contributed by atoms with Gasteiger partial charge in [0.2, 0.25) is 0 Å². The van der Waals surface area contributed by atoms with Crippen molar-refractivity contribution in [3.63, 3.8) is 0 Å². The maximum atomic E-state index is 5.19. The molecule has 0 aliphatic rings. The number of ether oxygens (including phenoxy) is 1. The molecule has 0 atom stereocenters. The number of rotatable bonds is 8. The van der Waals surface area contributed by atoms with Crippen molar-refractivity contribution in [3.05, 3.63) is 65.2 Å². The van der Waals surface area contributed by atoms with Gasteiger partial charge >= 0.3 is 0 Å². The van der Waals surface area contributed by atoms with E-state index in [1.807, 2.05) is 12.1 Å². The second-order valence-electron chi connectivity index (χ2n) is 6.51. The molecule has 0 aliphatic heterocycles. The molecule has 0 saturated heterocycles. The summed E-state index contributed by atoms with van der Waals surface area (Å²) in [5, 5.41) is 6.74. The third-order valence-corrected chi connectivity index (χ3v) is 4.04. The van der Waals surface area contributed by atoms with Crippen LogP contribution in [0.4, 0.5) is 0 Å². The molecule has 0 radical (unpaired) electrons. The molecule has 0 bridgehead atoms. The first-order chi connectivity index (χ1) is 12.6. The third-order valence-electron chi connectivity index (χ3n) is 4.04. The van der Waals surface area contributed by atoms with E-state index in [-0.39, 0.29) is 0 Å². The van der Waals surface area contributed by atoms with E-state index in [1.54, 1.807) is 14.2 Å². The molecular weight excluding hydrogens is 324 g/mol. The highest BCUT2D eigenvalue weighted by molar-refractivity contribution is 5.79. The first-order valence-corrected chi connectivity index (χ1v) is 8.90. The van der Waals surface area contributed by atoms with Crippen LogP contribution in [0.1, 0.15) is 16.7 Å². The van der Waals surface area contributed by atoms with E-state index in [2.05, 4.69) is 71.0 Å². The monoisotopic (exact) mass is 354 g/mol. The van der Waals surface area contributed by atoms with Crippen molar-refractivity contribution in [2.75, 3.05) is 34.8 Å². The van der Waals surface area contributed by atoms with Crippen molar-refractivity contribution in [2.24, 2.45) is 4.99 Å². The summed E-state index contributed by atoms with van der Waals surface area (Å²) in [5.74, 6) is 1.70. The largest absolute Gasteiger partial charge is 0.497 e. The first kappa shape index (κ1) is 19.8. The molecule has 2 N–H and O–H groups in total. The molecule has 0 aliphatic carbocycles. The van der Waals surface area contributed by atoms with E-state index in [0.717, 1.165) is 37.8 Å². The Bertz CT molecular complexity index is 695. The average molecular weight is 354 g/mol. The van der Waals surface area contributed by atoms with Crippen LogP contribution in [0.25, 0.3) is 0 Å². The highest BCUT2D eigenvalue weighted by atomic mass is 16.5. The van der Waals surface area contributed by atoms with Gasteiger partial charge in [0, 0.05) is 26.7 Å². The van der Waals surface area contributed by atoms with Gasteiger partial charge in [0.15, 0.2) is 5.96 Å². The number of methoxy groups -OCH3 is 1. The van der Waals surface area contributed by atoms with E-state index < -0.39 is 0 Å². The standard InChI is InChI=1S/C21H30N4O/c1-22-21(23-13-12-17-8-10-20(26-4)11-9-17)24-15-18-6-5-7-19(14-18)16-25(2)3/h5-11,14H,12-13,15-16H2,1-4H3,(H2,22,23,24). The van der Waals surface area contributed by atoms with Crippen LogP contribution in [-0.2, 0) is 19.5 Å². The molecule has 2 aromatic carbocycles. The molecular formula is C21H30N4O. The quantitative estimate of drug-likeness (QED) is 0.565. The Labute approximate surface area is 157 Å². The third kappa shape index (κ3) is 6.76. The first-order valence-electron chi connectivity index (χ1n) is 8.90. The lowest BCUT2D eigenvalue weighted by molar-refractivity contribution is 0.402. The lowest BCUT2D eigenvalue weighted by Crippen LogP contribution is -2.37. The number of aliphatic imine (C=N–C) groups is 1. The Morgan fingerprint density at radius 1 is 1.00 bits per heavy atom. The van der Waals surface area contributed by atoms with Crippen LogP contribution < -0.4 is 15.4 Å². The fourth-order valence-corrected chi connectivity index (χ4v) is 2.73. The topological polar surface area (TPSA) is 48.9 Å². The Balaban J connectivity index is 1.78. The molecule has 0 saturated carbocycles. The number of hydrogen-bond donors (Lipinski definition) is 2.